The Balaban J connectivity index is 1.52. The van der Waals surface area contributed by atoms with Crippen molar-refractivity contribution in [3.63, 3.8) is 0 Å². The first kappa shape index (κ1) is 19.3. The van der Waals surface area contributed by atoms with Gasteiger partial charge in [-0.1, -0.05) is 18.2 Å². The second-order valence-corrected chi connectivity index (χ2v) is 6.67. The molecule has 9 heteroatoms. The van der Waals surface area contributed by atoms with Gasteiger partial charge in [-0.25, -0.2) is 4.98 Å². The number of hydrogen-bond acceptors (Lipinski definition) is 6. The van der Waals surface area contributed by atoms with E-state index in [9.17, 15) is 14.4 Å². The molecule has 0 atom stereocenters. The van der Waals surface area contributed by atoms with Crippen molar-refractivity contribution in [3.8, 4) is 11.5 Å². The Kier molecular flexibility index (Phi) is 6.18. The van der Waals surface area contributed by atoms with Crippen LogP contribution >= 0.6 is 11.3 Å². The minimum Gasteiger partial charge on any atom is -0.458 e. The molecular formula is C19H18N4O4S. The predicted molar refractivity (Wildman–Crippen MR) is 105 cm³/mol. The van der Waals surface area contributed by atoms with Gasteiger partial charge in [0, 0.05) is 17.9 Å². The lowest BCUT2D eigenvalue weighted by Crippen LogP contribution is -2.32. The van der Waals surface area contributed by atoms with Crippen LogP contribution in [0.4, 0.5) is 5.13 Å². The third-order valence-corrected chi connectivity index (χ3v) is 4.38. The van der Waals surface area contributed by atoms with Crippen LogP contribution in [-0.2, 0) is 16.1 Å². The molecule has 0 unspecified atom stereocenters. The molecule has 1 aromatic carbocycles. The van der Waals surface area contributed by atoms with Crippen LogP contribution in [0.5, 0.6) is 0 Å². The molecule has 8 nitrogen and oxygen atoms in total. The number of hydrogen-bond donors (Lipinski definition) is 3. The third-order valence-electron chi connectivity index (χ3n) is 3.62. The first-order valence-electron chi connectivity index (χ1n) is 8.43. The highest BCUT2D eigenvalue weighted by molar-refractivity contribution is 7.14. The highest BCUT2D eigenvalue weighted by Gasteiger charge is 2.12. The number of anilines is 1. The number of aromatic nitrogens is 1. The zero-order valence-electron chi connectivity index (χ0n) is 15.0. The Hall–Kier alpha value is -3.46. The first-order valence-corrected chi connectivity index (χ1v) is 9.31. The molecule has 3 aromatic rings. The van der Waals surface area contributed by atoms with Gasteiger partial charge in [0.25, 0.3) is 5.91 Å². The number of carbonyl (C=O) groups excluding carboxylic acids is 3. The molecule has 0 saturated heterocycles. The molecular weight excluding hydrogens is 380 g/mol. The van der Waals surface area contributed by atoms with Crippen molar-refractivity contribution >= 4 is 34.2 Å². The van der Waals surface area contributed by atoms with Crippen LogP contribution in [0.15, 0.2) is 52.3 Å². The monoisotopic (exact) mass is 398 g/mol. The summed E-state index contributed by atoms with van der Waals surface area (Å²) in [5, 5.41) is 9.99. The molecule has 0 bridgehead atoms. The molecule has 2 heterocycles. The maximum Gasteiger partial charge on any atom is 0.251 e. The SMILES string of the molecule is CC(=O)NCc1ccc(-c2csc(NC(=O)CNC(=O)c3ccccc3)n2)o1. The second kappa shape index (κ2) is 8.96. The van der Waals surface area contributed by atoms with Crippen LogP contribution in [0.1, 0.15) is 23.0 Å². The number of carbonyl (C=O) groups is 3. The van der Waals surface area contributed by atoms with E-state index in [4.69, 9.17) is 4.42 Å². The molecule has 0 saturated carbocycles. The van der Waals surface area contributed by atoms with Gasteiger partial charge >= 0.3 is 0 Å². The standard InChI is InChI=1S/C19H18N4O4S/c1-12(24)20-9-14-7-8-16(27-14)15-11-28-19(22-15)23-17(25)10-21-18(26)13-5-3-2-4-6-13/h2-8,11H,9-10H2,1H3,(H,20,24)(H,21,26)(H,22,23,25). The zero-order valence-corrected chi connectivity index (χ0v) is 15.8. The molecule has 144 valence electrons. The van der Waals surface area contributed by atoms with Gasteiger partial charge in [0.05, 0.1) is 13.1 Å². The molecule has 0 spiro atoms. The average molecular weight is 398 g/mol. The summed E-state index contributed by atoms with van der Waals surface area (Å²) in [7, 11) is 0. The highest BCUT2D eigenvalue weighted by atomic mass is 32.1. The van der Waals surface area contributed by atoms with Crippen molar-refractivity contribution in [1.29, 1.82) is 0 Å². The fraction of sp³-hybridized carbons (Fsp3) is 0.158. The minimum absolute atomic E-state index is 0.143. The van der Waals surface area contributed by atoms with Crippen LogP contribution in [0.3, 0.4) is 0 Å². The van der Waals surface area contributed by atoms with E-state index in [2.05, 4.69) is 20.9 Å². The smallest absolute Gasteiger partial charge is 0.251 e. The fourth-order valence-electron chi connectivity index (χ4n) is 2.28. The van der Waals surface area contributed by atoms with E-state index in [1.807, 2.05) is 6.07 Å². The van der Waals surface area contributed by atoms with Gasteiger partial charge in [-0.15, -0.1) is 11.3 Å². The van der Waals surface area contributed by atoms with Gasteiger partial charge in [-0.05, 0) is 24.3 Å². The summed E-state index contributed by atoms with van der Waals surface area (Å²) in [5.74, 6) is 0.298. The lowest BCUT2D eigenvalue weighted by Gasteiger charge is -2.04. The van der Waals surface area contributed by atoms with Crippen molar-refractivity contribution < 1.29 is 18.8 Å². The van der Waals surface area contributed by atoms with Gasteiger partial charge < -0.3 is 20.4 Å². The molecule has 2 aromatic heterocycles. The summed E-state index contributed by atoms with van der Waals surface area (Å²) >= 11 is 1.25. The zero-order chi connectivity index (χ0) is 19.9. The Labute approximate surface area is 165 Å². The maximum atomic E-state index is 12.0. The molecule has 0 aliphatic rings. The Morgan fingerprint density at radius 1 is 1.07 bits per heavy atom. The van der Waals surface area contributed by atoms with Crippen molar-refractivity contribution in [3.05, 3.63) is 59.2 Å². The second-order valence-electron chi connectivity index (χ2n) is 5.81. The molecule has 28 heavy (non-hydrogen) atoms. The van der Waals surface area contributed by atoms with Crippen molar-refractivity contribution in [1.82, 2.24) is 15.6 Å². The van der Waals surface area contributed by atoms with Gasteiger partial charge in [0.15, 0.2) is 10.9 Å². The lowest BCUT2D eigenvalue weighted by molar-refractivity contribution is -0.119. The number of amides is 3. The summed E-state index contributed by atoms with van der Waals surface area (Å²) < 4.78 is 5.63. The van der Waals surface area contributed by atoms with Crippen molar-refractivity contribution in [2.45, 2.75) is 13.5 Å². The normalized spacial score (nSPS) is 10.3. The number of nitrogens with one attached hydrogen (secondary N) is 3. The van der Waals surface area contributed by atoms with Crippen molar-refractivity contribution in [2.75, 3.05) is 11.9 Å². The van der Waals surface area contributed by atoms with E-state index in [1.165, 1.54) is 18.3 Å². The number of furan rings is 1. The summed E-state index contributed by atoms with van der Waals surface area (Å²) in [6, 6.07) is 12.2. The van der Waals surface area contributed by atoms with Gasteiger partial charge in [-0.3, -0.25) is 14.4 Å². The van der Waals surface area contributed by atoms with Gasteiger partial charge in [0.1, 0.15) is 11.5 Å². The fourth-order valence-corrected chi connectivity index (χ4v) is 3.00. The van der Waals surface area contributed by atoms with Gasteiger partial charge in [0.2, 0.25) is 11.8 Å². The van der Waals surface area contributed by atoms with E-state index in [0.29, 0.717) is 34.5 Å². The predicted octanol–water partition coefficient (Wildman–Crippen LogP) is 2.41. The summed E-state index contributed by atoms with van der Waals surface area (Å²) in [6.07, 6.45) is 0. The van der Waals surface area contributed by atoms with Crippen LogP contribution in [-0.4, -0.2) is 29.3 Å². The van der Waals surface area contributed by atoms with Gasteiger partial charge in [-0.2, -0.15) is 0 Å². The third kappa shape index (κ3) is 5.27. The van der Waals surface area contributed by atoms with Crippen LogP contribution < -0.4 is 16.0 Å². The van der Waals surface area contributed by atoms with Crippen LogP contribution in [0.25, 0.3) is 11.5 Å². The molecule has 0 fully saturated rings. The largest absolute Gasteiger partial charge is 0.458 e. The van der Waals surface area contributed by atoms with E-state index < -0.39 is 0 Å². The molecule has 0 aliphatic heterocycles. The summed E-state index contributed by atoms with van der Waals surface area (Å²) in [5.41, 5.74) is 1.06. The molecule has 3 amide bonds. The molecule has 0 aliphatic carbocycles. The Bertz CT molecular complexity index is 981. The highest BCUT2D eigenvalue weighted by Crippen LogP contribution is 2.26. The number of rotatable bonds is 7. The number of benzene rings is 1. The van der Waals surface area contributed by atoms with E-state index in [-0.39, 0.29) is 24.3 Å². The number of nitrogens with zero attached hydrogens (tertiary/aromatic N) is 1. The Morgan fingerprint density at radius 2 is 1.86 bits per heavy atom. The minimum atomic E-state index is -0.379. The van der Waals surface area contributed by atoms with E-state index >= 15 is 0 Å². The maximum absolute atomic E-state index is 12.0. The first-order chi connectivity index (χ1) is 13.5. The molecule has 3 N–H and O–H groups in total. The summed E-state index contributed by atoms with van der Waals surface area (Å²) in [6.45, 7) is 1.57. The van der Waals surface area contributed by atoms with Crippen LogP contribution in [0.2, 0.25) is 0 Å². The Morgan fingerprint density at radius 3 is 2.61 bits per heavy atom. The van der Waals surface area contributed by atoms with E-state index in [0.717, 1.165) is 0 Å². The topological polar surface area (TPSA) is 113 Å². The molecule has 3 rings (SSSR count). The number of thiazole rings is 1. The summed E-state index contributed by atoms with van der Waals surface area (Å²) in [4.78, 5) is 39.2. The average Bonchev–Trinajstić information content (AvgIpc) is 3.34. The lowest BCUT2D eigenvalue weighted by atomic mass is 10.2. The van der Waals surface area contributed by atoms with Crippen molar-refractivity contribution in [2.24, 2.45) is 0 Å². The van der Waals surface area contributed by atoms with E-state index in [1.54, 1.807) is 41.8 Å². The quantitative estimate of drug-likeness (QED) is 0.566. The van der Waals surface area contributed by atoms with Crippen LogP contribution in [0, 0.1) is 0 Å². The molecule has 0 radical (unpaired) electrons.